The van der Waals surface area contributed by atoms with Gasteiger partial charge in [0, 0.05) is 31.7 Å². The van der Waals surface area contributed by atoms with E-state index in [-0.39, 0.29) is 12.1 Å². The molecule has 1 unspecified atom stereocenters. The molecule has 1 heterocycles. The van der Waals surface area contributed by atoms with E-state index in [1.165, 1.54) is 19.3 Å². The van der Waals surface area contributed by atoms with Crippen molar-refractivity contribution in [2.75, 3.05) is 26.2 Å². The van der Waals surface area contributed by atoms with Crippen LogP contribution >= 0.6 is 0 Å². The maximum Gasteiger partial charge on any atom is 0.320 e. The largest absolute Gasteiger partial charge is 0.325 e. The van der Waals surface area contributed by atoms with E-state index in [0.717, 1.165) is 26.2 Å². The van der Waals surface area contributed by atoms with Crippen LogP contribution in [0, 0.1) is 0 Å². The van der Waals surface area contributed by atoms with Gasteiger partial charge in [0.2, 0.25) is 0 Å². The molecule has 1 atom stereocenters. The van der Waals surface area contributed by atoms with Gasteiger partial charge in [0.05, 0.1) is 0 Å². The molecule has 2 amide bonds. The molecule has 0 radical (unpaired) electrons. The number of hydrogen-bond acceptors (Lipinski definition) is 2. The number of nitrogens with one attached hydrogen (secondary N) is 1. The third kappa shape index (κ3) is 4.16. The minimum atomic E-state index is 0.183. The molecule has 1 fully saturated rings. The number of carbonyl (C=O) groups is 1. The lowest BCUT2D eigenvalue weighted by atomic mass is 10.0. The highest BCUT2D eigenvalue weighted by Crippen LogP contribution is 2.12. The van der Waals surface area contributed by atoms with Crippen molar-refractivity contribution >= 4 is 6.03 Å². The lowest BCUT2D eigenvalue weighted by molar-refractivity contribution is 0.134. The van der Waals surface area contributed by atoms with E-state index in [9.17, 15) is 4.79 Å². The van der Waals surface area contributed by atoms with Crippen molar-refractivity contribution in [2.24, 2.45) is 0 Å². The number of piperidine rings is 1. The van der Waals surface area contributed by atoms with Crippen molar-refractivity contribution in [1.29, 1.82) is 0 Å². The van der Waals surface area contributed by atoms with Crippen molar-refractivity contribution in [3.05, 3.63) is 0 Å². The monoisotopic (exact) mass is 255 g/mol. The molecule has 1 rings (SSSR count). The predicted octanol–water partition coefficient (Wildman–Crippen LogP) is 2.30. The molecular formula is C14H29N3O. The summed E-state index contributed by atoms with van der Waals surface area (Å²) in [6, 6.07) is 0.921. The highest BCUT2D eigenvalue weighted by atomic mass is 16.2. The first-order chi connectivity index (χ1) is 8.60. The van der Waals surface area contributed by atoms with Gasteiger partial charge in [0.25, 0.3) is 0 Å². The number of amides is 2. The Morgan fingerprint density at radius 1 is 1.28 bits per heavy atom. The Kier molecular flexibility index (Phi) is 6.47. The van der Waals surface area contributed by atoms with Gasteiger partial charge < -0.3 is 15.1 Å². The summed E-state index contributed by atoms with van der Waals surface area (Å²) in [5.41, 5.74) is 0. The minimum Gasteiger partial charge on any atom is -0.325 e. The molecule has 0 aromatic rings. The summed E-state index contributed by atoms with van der Waals surface area (Å²) in [6.07, 6.45) is 3.74. The molecule has 4 nitrogen and oxygen atoms in total. The zero-order chi connectivity index (χ0) is 13.5. The summed E-state index contributed by atoms with van der Waals surface area (Å²) >= 11 is 0. The Morgan fingerprint density at radius 2 is 1.94 bits per heavy atom. The van der Waals surface area contributed by atoms with Crippen LogP contribution in [0.5, 0.6) is 0 Å². The van der Waals surface area contributed by atoms with Crippen molar-refractivity contribution < 1.29 is 4.79 Å². The van der Waals surface area contributed by atoms with Gasteiger partial charge in [-0.3, -0.25) is 0 Å². The Bertz CT molecular complexity index is 245. The Morgan fingerprint density at radius 3 is 2.39 bits per heavy atom. The third-order valence-electron chi connectivity index (χ3n) is 3.73. The maximum atomic E-state index is 12.4. The summed E-state index contributed by atoms with van der Waals surface area (Å²) in [5, 5.41) is 3.52. The zero-order valence-electron chi connectivity index (χ0n) is 12.4. The van der Waals surface area contributed by atoms with E-state index in [4.69, 9.17) is 0 Å². The summed E-state index contributed by atoms with van der Waals surface area (Å²) in [7, 11) is 0. The molecule has 0 bridgehead atoms. The molecule has 106 valence electrons. The van der Waals surface area contributed by atoms with Gasteiger partial charge in [-0.05, 0) is 47.1 Å². The number of nitrogens with zero attached hydrogens (tertiary/aromatic N) is 2. The fraction of sp³-hybridized carbons (Fsp3) is 0.929. The molecule has 1 aliphatic heterocycles. The van der Waals surface area contributed by atoms with Crippen LogP contribution in [0.2, 0.25) is 0 Å². The van der Waals surface area contributed by atoms with Crippen molar-refractivity contribution in [1.82, 2.24) is 15.1 Å². The van der Waals surface area contributed by atoms with E-state index in [2.05, 4.69) is 19.2 Å². The van der Waals surface area contributed by atoms with Gasteiger partial charge in [0.1, 0.15) is 0 Å². The highest BCUT2D eigenvalue weighted by molar-refractivity contribution is 5.74. The Hall–Kier alpha value is -0.770. The fourth-order valence-electron chi connectivity index (χ4n) is 2.50. The summed E-state index contributed by atoms with van der Waals surface area (Å²) in [6.45, 7) is 11.8. The highest BCUT2D eigenvalue weighted by Gasteiger charge is 2.25. The topological polar surface area (TPSA) is 35.6 Å². The van der Waals surface area contributed by atoms with Crippen LogP contribution in [0.3, 0.4) is 0 Å². The molecule has 0 aromatic carbocycles. The molecule has 1 N–H and O–H groups in total. The first kappa shape index (κ1) is 15.3. The van der Waals surface area contributed by atoms with Crippen LogP contribution in [0.25, 0.3) is 0 Å². The molecule has 1 aliphatic rings. The van der Waals surface area contributed by atoms with Gasteiger partial charge >= 0.3 is 6.03 Å². The molecule has 18 heavy (non-hydrogen) atoms. The van der Waals surface area contributed by atoms with E-state index < -0.39 is 0 Å². The predicted molar refractivity (Wildman–Crippen MR) is 75.8 cm³/mol. The lowest BCUT2D eigenvalue weighted by Crippen LogP contribution is -2.52. The number of rotatable bonds is 5. The SMILES string of the molecule is CCN(CC)C(=O)N(CC1CCCCN1)C(C)C. The molecule has 0 saturated carbocycles. The van der Waals surface area contributed by atoms with Gasteiger partial charge in [-0.25, -0.2) is 4.79 Å². The zero-order valence-corrected chi connectivity index (χ0v) is 12.4. The van der Waals surface area contributed by atoms with E-state index in [1.807, 2.05) is 23.6 Å². The van der Waals surface area contributed by atoms with Crippen molar-refractivity contribution in [3.8, 4) is 0 Å². The summed E-state index contributed by atoms with van der Waals surface area (Å²) in [5.74, 6) is 0. The third-order valence-corrected chi connectivity index (χ3v) is 3.73. The summed E-state index contributed by atoms with van der Waals surface area (Å²) < 4.78 is 0. The molecule has 0 aromatic heterocycles. The first-order valence-electron chi connectivity index (χ1n) is 7.39. The van der Waals surface area contributed by atoms with E-state index in [1.54, 1.807) is 0 Å². The minimum absolute atomic E-state index is 0.183. The van der Waals surface area contributed by atoms with Crippen LogP contribution in [-0.4, -0.2) is 54.1 Å². The lowest BCUT2D eigenvalue weighted by Gasteiger charge is -2.36. The number of hydrogen-bond donors (Lipinski definition) is 1. The van der Waals surface area contributed by atoms with Crippen LogP contribution in [0.4, 0.5) is 4.79 Å². The van der Waals surface area contributed by atoms with Crippen LogP contribution in [0.15, 0.2) is 0 Å². The molecular weight excluding hydrogens is 226 g/mol. The average Bonchev–Trinajstić information content (AvgIpc) is 2.38. The molecule has 4 heteroatoms. The van der Waals surface area contributed by atoms with E-state index in [0.29, 0.717) is 6.04 Å². The molecule has 0 aliphatic carbocycles. The van der Waals surface area contributed by atoms with Crippen LogP contribution < -0.4 is 5.32 Å². The fourth-order valence-corrected chi connectivity index (χ4v) is 2.50. The molecule has 0 spiro atoms. The smallest absolute Gasteiger partial charge is 0.320 e. The quantitative estimate of drug-likeness (QED) is 0.818. The standard InChI is InChI=1S/C14H29N3O/c1-5-16(6-2)14(18)17(12(3)4)11-13-9-7-8-10-15-13/h12-13,15H,5-11H2,1-4H3. The second-order valence-electron chi connectivity index (χ2n) is 5.35. The van der Waals surface area contributed by atoms with Crippen molar-refractivity contribution in [2.45, 2.75) is 59.0 Å². The van der Waals surface area contributed by atoms with Gasteiger partial charge in [0.15, 0.2) is 0 Å². The summed E-state index contributed by atoms with van der Waals surface area (Å²) in [4.78, 5) is 16.4. The van der Waals surface area contributed by atoms with Gasteiger partial charge in [-0.15, -0.1) is 0 Å². The van der Waals surface area contributed by atoms with Crippen LogP contribution in [-0.2, 0) is 0 Å². The Labute approximate surface area is 112 Å². The normalized spacial score (nSPS) is 19.9. The van der Waals surface area contributed by atoms with Crippen molar-refractivity contribution in [3.63, 3.8) is 0 Å². The second-order valence-corrected chi connectivity index (χ2v) is 5.35. The first-order valence-corrected chi connectivity index (χ1v) is 7.39. The number of urea groups is 1. The second kappa shape index (κ2) is 7.62. The molecule has 1 saturated heterocycles. The number of carbonyl (C=O) groups excluding carboxylic acids is 1. The average molecular weight is 255 g/mol. The van der Waals surface area contributed by atoms with Gasteiger partial charge in [-0.2, -0.15) is 0 Å². The van der Waals surface area contributed by atoms with Gasteiger partial charge in [-0.1, -0.05) is 6.42 Å². The van der Waals surface area contributed by atoms with Crippen LogP contribution in [0.1, 0.15) is 47.0 Å². The Balaban J connectivity index is 2.60. The maximum absolute atomic E-state index is 12.4. The van der Waals surface area contributed by atoms with E-state index >= 15 is 0 Å².